The van der Waals surface area contributed by atoms with Gasteiger partial charge < -0.3 is 10.4 Å². The lowest BCUT2D eigenvalue weighted by Gasteiger charge is -2.34. The summed E-state index contributed by atoms with van der Waals surface area (Å²) in [4.78, 5) is 6.84. The lowest BCUT2D eigenvalue weighted by molar-refractivity contribution is 0.0940. The Morgan fingerprint density at radius 1 is 1.24 bits per heavy atom. The second-order valence-electron chi connectivity index (χ2n) is 5.68. The molecule has 0 spiro atoms. The van der Waals surface area contributed by atoms with E-state index in [0.29, 0.717) is 6.04 Å². The topological polar surface area (TPSA) is 48.4 Å². The molecule has 1 aliphatic rings. The molecule has 0 bridgehead atoms. The van der Waals surface area contributed by atoms with Gasteiger partial charge in [-0.25, -0.2) is 4.98 Å². The summed E-state index contributed by atoms with van der Waals surface area (Å²) < 4.78 is 0. The Bertz CT molecular complexity index is 582. The third kappa shape index (κ3) is 3.34. The Labute approximate surface area is 125 Å². The lowest BCUT2D eigenvalue weighted by atomic mass is 10.0. The summed E-state index contributed by atoms with van der Waals surface area (Å²) in [5, 5.41) is 15.3. The van der Waals surface area contributed by atoms with E-state index < -0.39 is 0 Å². The lowest BCUT2D eigenvalue weighted by Crippen LogP contribution is -2.44. The van der Waals surface area contributed by atoms with Crippen molar-refractivity contribution in [3.8, 4) is 0 Å². The van der Waals surface area contributed by atoms with E-state index in [9.17, 15) is 5.11 Å². The molecule has 1 saturated heterocycles. The monoisotopic (exact) mass is 285 g/mol. The average molecular weight is 285 g/mol. The van der Waals surface area contributed by atoms with Gasteiger partial charge >= 0.3 is 0 Å². The average Bonchev–Trinajstić information content (AvgIpc) is 2.55. The van der Waals surface area contributed by atoms with Crippen LogP contribution in [-0.4, -0.2) is 47.3 Å². The molecule has 21 heavy (non-hydrogen) atoms. The Morgan fingerprint density at radius 2 is 2.14 bits per heavy atom. The molecule has 2 N–H and O–H groups in total. The molecule has 1 fully saturated rings. The normalized spacial score (nSPS) is 19.8. The number of rotatable bonds is 5. The largest absolute Gasteiger partial charge is 0.395 e. The predicted molar refractivity (Wildman–Crippen MR) is 86.5 cm³/mol. The number of piperidine rings is 1. The van der Waals surface area contributed by atoms with Crippen LogP contribution in [0.3, 0.4) is 0 Å². The van der Waals surface area contributed by atoms with Crippen LogP contribution in [0.15, 0.2) is 36.5 Å². The number of fused-ring (bicyclic) bond motifs is 1. The van der Waals surface area contributed by atoms with Crippen LogP contribution in [0.25, 0.3) is 10.8 Å². The van der Waals surface area contributed by atoms with Crippen molar-refractivity contribution < 1.29 is 5.11 Å². The highest BCUT2D eigenvalue weighted by molar-refractivity contribution is 5.91. The molecule has 2 heterocycles. The maximum Gasteiger partial charge on any atom is 0.133 e. The Kier molecular flexibility index (Phi) is 4.68. The van der Waals surface area contributed by atoms with E-state index in [2.05, 4.69) is 27.3 Å². The highest BCUT2D eigenvalue weighted by Gasteiger charge is 2.20. The van der Waals surface area contributed by atoms with Crippen LogP contribution in [0, 0.1) is 0 Å². The van der Waals surface area contributed by atoms with Crippen molar-refractivity contribution in [3.05, 3.63) is 36.5 Å². The first-order chi connectivity index (χ1) is 10.4. The van der Waals surface area contributed by atoms with Crippen LogP contribution in [0.2, 0.25) is 0 Å². The van der Waals surface area contributed by atoms with E-state index in [1.807, 2.05) is 24.4 Å². The minimum atomic E-state index is 0.270. The first kappa shape index (κ1) is 14.3. The van der Waals surface area contributed by atoms with Gasteiger partial charge in [0.2, 0.25) is 0 Å². The molecule has 4 nitrogen and oxygen atoms in total. The number of hydrogen-bond donors (Lipinski definition) is 2. The maximum absolute atomic E-state index is 9.44. The van der Waals surface area contributed by atoms with Gasteiger partial charge in [-0.2, -0.15) is 0 Å². The molecule has 4 heteroatoms. The Hall–Kier alpha value is -1.65. The van der Waals surface area contributed by atoms with Gasteiger partial charge in [-0.15, -0.1) is 0 Å². The van der Waals surface area contributed by atoms with Crippen LogP contribution in [0.4, 0.5) is 5.82 Å². The molecule has 1 unspecified atom stereocenters. The van der Waals surface area contributed by atoms with Gasteiger partial charge in [0.1, 0.15) is 5.82 Å². The summed E-state index contributed by atoms with van der Waals surface area (Å²) in [5.41, 5.74) is 0. The van der Waals surface area contributed by atoms with Crippen molar-refractivity contribution in [2.45, 2.75) is 25.3 Å². The summed E-state index contributed by atoms with van der Waals surface area (Å²) in [6.45, 7) is 3.18. The number of anilines is 1. The molecular weight excluding hydrogens is 262 g/mol. The molecule has 3 rings (SSSR count). The molecule has 1 aromatic carbocycles. The van der Waals surface area contributed by atoms with E-state index in [4.69, 9.17) is 0 Å². The number of nitrogens with one attached hydrogen (secondary N) is 1. The molecule has 0 saturated carbocycles. The van der Waals surface area contributed by atoms with Crippen molar-refractivity contribution >= 4 is 16.6 Å². The van der Waals surface area contributed by atoms with Crippen molar-refractivity contribution in [2.24, 2.45) is 0 Å². The van der Waals surface area contributed by atoms with Crippen molar-refractivity contribution in [2.75, 3.05) is 31.6 Å². The second kappa shape index (κ2) is 6.87. The van der Waals surface area contributed by atoms with Crippen molar-refractivity contribution in [1.82, 2.24) is 9.88 Å². The second-order valence-corrected chi connectivity index (χ2v) is 5.68. The van der Waals surface area contributed by atoms with E-state index in [-0.39, 0.29) is 6.61 Å². The van der Waals surface area contributed by atoms with E-state index in [0.717, 1.165) is 37.3 Å². The first-order valence-corrected chi connectivity index (χ1v) is 7.81. The smallest absolute Gasteiger partial charge is 0.133 e. The third-order valence-corrected chi connectivity index (χ3v) is 4.32. The summed E-state index contributed by atoms with van der Waals surface area (Å²) in [6.07, 6.45) is 5.44. The van der Waals surface area contributed by atoms with Gasteiger partial charge in [-0.05, 0) is 30.8 Å². The molecule has 2 aromatic rings. The van der Waals surface area contributed by atoms with Gasteiger partial charge in [0.05, 0.1) is 6.61 Å². The number of aliphatic hydroxyl groups is 1. The minimum absolute atomic E-state index is 0.270. The molecular formula is C17H23N3O. The fourth-order valence-corrected chi connectivity index (χ4v) is 3.14. The van der Waals surface area contributed by atoms with Gasteiger partial charge in [0, 0.05) is 30.7 Å². The SMILES string of the molecule is OCC1CCCCN1CCNc1nccc2ccccc12. The predicted octanol–water partition coefficient (Wildman–Crippen LogP) is 2.49. The molecule has 1 aliphatic heterocycles. The van der Waals surface area contributed by atoms with Crippen molar-refractivity contribution in [1.29, 1.82) is 0 Å². The molecule has 112 valence electrons. The summed E-state index contributed by atoms with van der Waals surface area (Å²) in [6, 6.07) is 10.7. The number of benzene rings is 1. The van der Waals surface area contributed by atoms with Crippen LogP contribution < -0.4 is 5.32 Å². The minimum Gasteiger partial charge on any atom is -0.395 e. The number of pyridine rings is 1. The summed E-state index contributed by atoms with van der Waals surface area (Å²) >= 11 is 0. The zero-order chi connectivity index (χ0) is 14.5. The Balaban J connectivity index is 1.61. The quantitative estimate of drug-likeness (QED) is 0.886. The highest BCUT2D eigenvalue weighted by atomic mass is 16.3. The fraction of sp³-hybridized carbons (Fsp3) is 0.471. The van der Waals surface area contributed by atoms with E-state index in [1.165, 1.54) is 18.2 Å². The van der Waals surface area contributed by atoms with Crippen molar-refractivity contribution in [3.63, 3.8) is 0 Å². The number of aromatic nitrogens is 1. The van der Waals surface area contributed by atoms with Crippen LogP contribution in [-0.2, 0) is 0 Å². The maximum atomic E-state index is 9.44. The molecule has 1 atom stereocenters. The number of nitrogens with zero attached hydrogens (tertiary/aromatic N) is 2. The van der Waals surface area contributed by atoms with Gasteiger partial charge in [-0.3, -0.25) is 4.90 Å². The van der Waals surface area contributed by atoms with Crippen LogP contribution >= 0.6 is 0 Å². The third-order valence-electron chi connectivity index (χ3n) is 4.32. The summed E-state index contributed by atoms with van der Waals surface area (Å²) in [5.74, 6) is 0.950. The zero-order valence-electron chi connectivity index (χ0n) is 12.3. The van der Waals surface area contributed by atoms with Gasteiger partial charge in [0.15, 0.2) is 0 Å². The number of likely N-dealkylation sites (tertiary alicyclic amines) is 1. The standard InChI is InChI=1S/C17H23N3O/c21-13-15-6-3-4-11-20(15)12-10-19-17-16-7-2-1-5-14(16)8-9-18-17/h1-2,5,7-9,15,21H,3-4,6,10-13H2,(H,18,19). The first-order valence-electron chi connectivity index (χ1n) is 7.81. The van der Waals surface area contributed by atoms with Crippen LogP contribution in [0.1, 0.15) is 19.3 Å². The Morgan fingerprint density at radius 3 is 3.05 bits per heavy atom. The number of aliphatic hydroxyl groups excluding tert-OH is 1. The zero-order valence-corrected chi connectivity index (χ0v) is 12.3. The molecule has 0 amide bonds. The van der Waals surface area contributed by atoms with E-state index in [1.54, 1.807) is 0 Å². The molecule has 0 aliphatic carbocycles. The van der Waals surface area contributed by atoms with Gasteiger partial charge in [0.25, 0.3) is 0 Å². The molecule has 1 aromatic heterocycles. The van der Waals surface area contributed by atoms with E-state index >= 15 is 0 Å². The fourth-order valence-electron chi connectivity index (χ4n) is 3.14. The summed E-state index contributed by atoms with van der Waals surface area (Å²) in [7, 11) is 0. The van der Waals surface area contributed by atoms with Crippen LogP contribution in [0.5, 0.6) is 0 Å². The number of hydrogen-bond acceptors (Lipinski definition) is 4. The molecule has 0 radical (unpaired) electrons. The highest BCUT2D eigenvalue weighted by Crippen LogP contribution is 2.20. The van der Waals surface area contributed by atoms with Gasteiger partial charge in [-0.1, -0.05) is 30.7 Å².